The number of rotatable bonds is 6. The van der Waals surface area contributed by atoms with Gasteiger partial charge in [-0.3, -0.25) is 9.36 Å². The number of nitrogens with one attached hydrogen (secondary N) is 1. The normalized spacial score (nSPS) is 11.2. The lowest BCUT2D eigenvalue weighted by Crippen LogP contribution is -2.15. The Kier molecular flexibility index (Phi) is 6.24. The van der Waals surface area contributed by atoms with Crippen LogP contribution in [0, 0.1) is 13.8 Å². The van der Waals surface area contributed by atoms with E-state index in [1.54, 1.807) is 35.6 Å². The highest BCUT2D eigenvalue weighted by molar-refractivity contribution is 7.99. The fourth-order valence-corrected chi connectivity index (χ4v) is 4.48. The van der Waals surface area contributed by atoms with Gasteiger partial charge in [-0.2, -0.15) is 0 Å². The number of thiophene rings is 1. The first kappa shape index (κ1) is 19.9. The van der Waals surface area contributed by atoms with Crippen LogP contribution >= 0.6 is 34.7 Å². The second-order valence-corrected chi connectivity index (χ2v) is 8.91. The van der Waals surface area contributed by atoms with Crippen LogP contribution in [0.2, 0.25) is 5.02 Å². The molecular weight excluding hydrogens is 400 g/mol. The number of amides is 1. The van der Waals surface area contributed by atoms with E-state index >= 15 is 0 Å². The quantitative estimate of drug-likeness (QED) is 0.528. The summed E-state index contributed by atoms with van der Waals surface area (Å²) in [6, 6.07) is 7.24. The molecule has 0 saturated heterocycles. The minimum absolute atomic E-state index is 0.0928. The number of nitrogens with zero attached hydrogens (tertiary/aromatic N) is 3. The molecule has 0 atom stereocenters. The monoisotopic (exact) mass is 420 g/mol. The standard InChI is InChI=1S/C19H21ClN4OS2/c1-11(2)24-18(16-9-26-13(4)12(16)3)22-23-19(24)27-10-17(25)21-15-7-5-14(20)6-8-15/h5-9,11H,10H2,1-4H3,(H,21,25). The molecule has 0 fully saturated rings. The highest BCUT2D eigenvalue weighted by atomic mass is 35.5. The number of hydrogen-bond acceptors (Lipinski definition) is 5. The molecular formula is C19H21ClN4OS2. The van der Waals surface area contributed by atoms with Crippen LogP contribution in [0.5, 0.6) is 0 Å². The van der Waals surface area contributed by atoms with E-state index < -0.39 is 0 Å². The van der Waals surface area contributed by atoms with Crippen molar-refractivity contribution >= 4 is 46.3 Å². The van der Waals surface area contributed by atoms with Gasteiger partial charge in [0.25, 0.3) is 0 Å². The summed E-state index contributed by atoms with van der Waals surface area (Å²) in [6.07, 6.45) is 0. The van der Waals surface area contributed by atoms with E-state index in [0.717, 1.165) is 22.2 Å². The number of aromatic nitrogens is 3. The van der Waals surface area contributed by atoms with E-state index in [4.69, 9.17) is 11.6 Å². The average molecular weight is 421 g/mol. The molecule has 3 rings (SSSR count). The predicted molar refractivity (Wildman–Crippen MR) is 114 cm³/mol. The lowest BCUT2D eigenvalue weighted by atomic mass is 10.1. The van der Waals surface area contributed by atoms with Gasteiger partial charge in [0.15, 0.2) is 11.0 Å². The van der Waals surface area contributed by atoms with E-state index in [1.807, 2.05) is 0 Å². The summed E-state index contributed by atoms with van der Waals surface area (Å²) in [5.41, 5.74) is 3.06. The Morgan fingerprint density at radius 2 is 1.96 bits per heavy atom. The third-order valence-electron chi connectivity index (χ3n) is 4.17. The smallest absolute Gasteiger partial charge is 0.234 e. The van der Waals surface area contributed by atoms with Crippen LogP contribution < -0.4 is 5.32 Å². The molecule has 1 aromatic carbocycles. The van der Waals surface area contributed by atoms with E-state index in [1.165, 1.54) is 22.2 Å². The number of aryl methyl sites for hydroxylation is 1. The SMILES string of the molecule is Cc1scc(-c2nnc(SCC(=O)Nc3ccc(Cl)cc3)n2C(C)C)c1C. The zero-order valence-electron chi connectivity index (χ0n) is 15.6. The minimum atomic E-state index is -0.0928. The van der Waals surface area contributed by atoms with Crippen molar-refractivity contribution in [3.05, 3.63) is 45.1 Å². The molecule has 0 radical (unpaired) electrons. The average Bonchev–Trinajstić information content (AvgIpc) is 3.19. The fraction of sp³-hybridized carbons (Fsp3) is 0.316. The van der Waals surface area contributed by atoms with Crippen molar-refractivity contribution in [2.75, 3.05) is 11.1 Å². The number of halogens is 1. The van der Waals surface area contributed by atoms with Crippen molar-refractivity contribution in [1.82, 2.24) is 14.8 Å². The number of hydrogen-bond donors (Lipinski definition) is 1. The Morgan fingerprint density at radius 3 is 2.56 bits per heavy atom. The molecule has 0 aliphatic heterocycles. The Morgan fingerprint density at radius 1 is 1.26 bits per heavy atom. The van der Waals surface area contributed by atoms with Gasteiger partial charge in [-0.1, -0.05) is 23.4 Å². The molecule has 0 saturated carbocycles. The van der Waals surface area contributed by atoms with Gasteiger partial charge in [0, 0.05) is 32.6 Å². The van der Waals surface area contributed by atoms with Gasteiger partial charge in [-0.05, 0) is 57.5 Å². The first-order valence-corrected chi connectivity index (χ1v) is 10.8. The topological polar surface area (TPSA) is 59.8 Å². The van der Waals surface area contributed by atoms with Crippen LogP contribution in [0.3, 0.4) is 0 Å². The number of anilines is 1. The summed E-state index contributed by atoms with van der Waals surface area (Å²) in [7, 11) is 0. The van der Waals surface area contributed by atoms with E-state index in [-0.39, 0.29) is 17.7 Å². The molecule has 0 spiro atoms. The van der Waals surface area contributed by atoms with Crippen LogP contribution in [0.4, 0.5) is 5.69 Å². The second-order valence-electron chi connectivity index (χ2n) is 6.44. The number of thioether (sulfide) groups is 1. The summed E-state index contributed by atoms with van der Waals surface area (Å²) in [5, 5.41) is 15.1. The minimum Gasteiger partial charge on any atom is -0.325 e. The van der Waals surface area contributed by atoms with Gasteiger partial charge in [0.2, 0.25) is 5.91 Å². The molecule has 0 unspecified atom stereocenters. The summed E-state index contributed by atoms with van der Waals surface area (Å²) in [4.78, 5) is 13.5. The van der Waals surface area contributed by atoms with Crippen molar-refractivity contribution in [3.63, 3.8) is 0 Å². The van der Waals surface area contributed by atoms with Crippen molar-refractivity contribution in [3.8, 4) is 11.4 Å². The molecule has 142 valence electrons. The molecule has 3 aromatic rings. The zero-order valence-corrected chi connectivity index (χ0v) is 18.0. The maximum Gasteiger partial charge on any atom is 0.234 e. The Balaban J connectivity index is 1.74. The first-order valence-electron chi connectivity index (χ1n) is 8.55. The third kappa shape index (κ3) is 4.54. The summed E-state index contributed by atoms with van der Waals surface area (Å²) >= 11 is 8.97. The molecule has 0 bridgehead atoms. The predicted octanol–water partition coefficient (Wildman–Crippen LogP) is 5.59. The Hall–Kier alpha value is -1.83. The first-order chi connectivity index (χ1) is 12.9. The number of carbonyl (C=O) groups is 1. The molecule has 1 N–H and O–H groups in total. The van der Waals surface area contributed by atoms with Crippen LogP contribution in [0.25, 0.3) is 11.4 Å². The second kappa shape index (κ2) is 8.46. The van der Waals surface area contributed by atoms with Crippen LogP contribution in [0.15, 0.2) is 34.8 Å². The molecule has 2 heterocycles. The van der Waals surface area contributed by atoms with Gasteiger partial charge in [0.1, 0.15) is 0 Å². The molecule has 0 aliphatic rings. The number of carbonyl (C=O) groups excluding carboxylic acids is 1. The summed E-state index contributed by atoms with van der Waals surface area (Å²) in [5.74, 6) is 1.02. The Labute approximate surface area is 172 Å². The number of benzene rings is 1. The molecule has 2 aromatic heterocycles. The molecule has 1 amide bonds. The van der Waals surface area contributed by atoms with Crippen molar-refractivity contribution < 1.29 is 4.79 Å². The van der Waals surface area contributed by atoms with Gasteiger partial charge >= 0.3 is 0 Å². The lowest BCUT2D eigenvalue weighted by molar-refractivity contribution is -0.113. The molecule has 5 nitrogen and oxygen atoms in total. The molecule has 8 heteroatoms. The maximum atomic E-state index is 12.3. The fourth-order valence-electron chi connectivity index (χ4n) is 2.62. The zero-order chi connectivity index (χ0) is 19.6. The van der Waals surface area contributed by atoms with Crippen molar-refractivity contribution in [2.24, 2.45) is 0 Å². The van der Waals surface area contributed by atoms with Gasteiger partial charge in [-0.25, -0.2) is 0 Å². The van der Waals surface area contributed by atoms with E-state index in [0.29, 0.717) is 5.02 Å². The lowest BCUT2D eigenvalue weighted by Gasteiger charge is -2.13. The maximum absolute atomic E-state index is 12.3. The molecule has 27 heavy (non-hydrogen) atoms. The summed E-state index contributed by atoms with van der Waals surface area (Å²) in [6.45, 7) is 8.40. The van der Waals surface area contributed by atoms with E-state index in [9.17, 15) is 4.79 Å². The van der Waals surface area contributed by atoms with E-state index in [2.05, 4.69) is 53.2 Å². The Bertz CT molecular complexity index is 947. The van der Waals surface area contributed by atoms with Crippen LogP contribution in [-0.2, 0) is 4.79 Å². The van der Waals surface area contributed by atoms with Crippen molar-refractivity contribution in [1.29, 1.82) is 0 Å². The summed E-state index contributed by atoms with van der Waals surface area (Å²) < 4.78 is 2.09. The highest BCUT2D eigenvalue weighted by Crippen LogP contribution is 2.33. The largest absolute Gasteiger partial charge is 0.325 e. The van der Waals surface area contributed by atoms with Gasteiger partial charge in [0.05, 0.1) is 5.75 Å². The molecule has 0 aliphatic carbocycles. The van der Waals surface area contributed by atoms with Gasteiger partial charge in [-0.15, -0.1) is 21.5 Å². The highest BCUT2D eigenvalue weighted by Gasteiger charge is 2.20. The van der Waals surface area contributed by atoms with Crippen LogP contribution in [0.1, 0.15) is 30.3 Å². The third-order valence-corrected chi connectivity index (χ3v) is 6.38. The van der Waals surface area contributed by atoms with Gasteiger partial charge < -0.3 is 5.32 Å². The van der Waals surface area contributed by atoms with Crippen molar-refractivity contribution in [2.45, 2.75) is 38.9 Å². The van der Waals surface area contributed by atoms with Crippen LogP contribution in [-0.4, -0.2) is 26.4 Å².